The van der Waals surface area contributed by atoms with Crippen LogP contribution in [-0.4, -0.2) is 20.1 Å². The molecular formula is C17H20BrNO3S. The molecule has 0 unspecified atom stereocenters. The Morgan fingerprint density at radius 3 is 2.48 bits per heavy atom. The molecule has 0 saturated carbocycles. The van der Waals surface area contributed by atoms with Gasteiger partial charge in [-0.25, -0.2) is 8.42 Å². The molecule has 0 saturated heterocycles. The van der Waals surface area contributed by atoms with Gasteiger partial charge in [-0.2, -0.15) is 0 Å². The maximum atomic E-state index is 13.2. The molecule has 124 valence electrons. The summed E-state index contributed by atoms with van der Waals surface area (Å²) >= 11 is 3.33. The Balaban J connectivity index is 2.60. The lowest BCUT2D eigenvalue weighted by atomic mass is 10.2. The number of rotatable bonds is 5. The molecule has 2 aromatic rings. The van der Waals surface area contributed by atoms with Crippen molar-refractivity contribution >= 4 is 31.6 Å². The summed E-state index contributed by atoms with van der Waals surface area (Å²) in [5.74, 6) is 0.178. The third-order valence-corrected chi connectivity index (χ3v) is 5.80. The Bertz CT molecular complexity index is 803. The molecule has 2 aromatic carbocycles. The van der Waals surface area contributed by atoms with Gasteiger partial charge in [0.25, 0.3) is 10.0 Å². The molecule has 0 amide bonds. The molecule has 1 N–H and O–H groups in total. The number of benzene rings is 2. The summed E-state index contributed by atoms with van der Waals surface area (Å²) in [5, 5.41) is 9.70. The van der Waals surface area contributed by atoms with Crippen molar-refractivity contribution in [3.05, 3.63) is 52.5 Å². The molecule has 0 aliphatic heterocycles. The van der Waals surface area contributed by atoms with Gasteiger partial charge in [0.1, 0.15) is 5.75 Å². The maximum absolute atomic E-state index is 13.2. The molecule has 0 fully saturated rings. The van der Waals surface area contributed by atoms with Gasteiger partial charge < -0.3 is 5.11 Å². The summed E-state index contributed by atoms with van der Waals surface area (Å²) in [6.07, 6.45) is 0. The average Bonchev–Trinajstić information content (AvgIpc) is 2.47. The summed E-state index contributed by atoms with van der Waals surface area (Å²) < 4.78 is 28.4. The second-order valence-corrected chi connectivity index (χ2v) is 8.61. The first-order valence-corrected chi connectivity index (χ1v) is 9.53. The van der Waals surface area contributed by atoms with Crippen LogP contribution in [0, 0.1) is 12.8 Å². The minimum Gasteiger partial charge on any atom is -0.508 e. The summed E-state index contributed by atoms with van der Waals surface area (Å²) in [6.45, 7) is 6.02. The lowest BCUT2D eigenvalue weighted by Crippen LogP contribution is -2.34. The van der Waals surface area contributed by atoms with Crippen LogP contribution < -0.4 is 4.31 Å². The standard InChI is InChI=1S/C17H20BrNO3S/c1-12(2)11-19(15-5-4-6-16(20)10-15)23(21,22)17-9-14(18)8-7-13(17)3/h4-10,12,20H,11H2,1-3H3. The fraction of sp³-hybridized carbons (Fsp3) is 0.294. The Labute approximate surface area is 145 Å². The van der Waals surface area contributed by atoms with Gasteiger partial charge in [0.15, 0.2) is 0 Å². The summed E-state index contributed by atoms with van der Waals surface area (Å²) in [4.78, 5) is 0.260. The molecule has 6 heteroatoms. The van der Waals surface area contributed by atoms with E-state index in [2.05, 4.69) is 15.9 Å². The van der Waals surface area contributed by atoms with E-state index in [4.69, 9.17) is 0 Å². The van der Waals surface area contributed by atoms with Crippen LogP contribution >= 0.6 is 15.9 Å². The minimum absolute atomic E-state index is 0.0393. The molecule has 0 radical (unpaired) electrons. The van der Waals surface area contributed by atoms with E-state index in [-0.39, 0.29) is 16.6 Å². The van der Waals surface area contributed by atoms with Crippen LogP contribution in [0.15, 0.2) is 51.8 Å². The first kappa shape index (κ1) is 17.8. The largest absolute Gasteiger partial charge is 0.508 e. The topological polar surface area (TPSA) is 57.6 Å². The van der Waals surface area contributed by atoms with Crippen LogP contribution in [0.3, 0.4) is 0 Å². The molecule has 4 nitrogen and oxygen atoms in total. The van der Waals surface area contributed by atoms with E-state index in [1.54, 1.807) is 31.2 Å². The highest BCUT2D eigenvalue weighted by Gasteiger charge is 2.27. The van der Waals surface area contributed by atoms with Crippen LogP contribution in [-0.2, 0) is 10.0 Å². The highest BCUT2D eigenvalue weighted by Crippen LogP contribution is 2.30. The molecule has 0 bridgehead atoms. The van der Waals surface area contributed by atoms with E-state index in [0.29, 0.717) is 22.3 Å². The fourth-order valence-electron chi connectivity index (χ4n) is 2.29. The number of halogens is 1. The highest BCUT2D eigenvalue weighted by molar-refractivity contribution is 9.10. The first-order chi connectivity index (χ1) is 10.7. The average molecular weight is 398 g/mol. The second kappa shape index (κ2) is 6.93. The highest BCUT2D eigenvalue weighted by atomic mass is 79.9. The number of hydrogen-bond acceptors (Lipinski definition) is 3. The molecule has 0 atom stereocenters. The Morgan fingerprint density at radius 2 is 1.87 bits per heavy atom. The monoisotopic (exact) mass is 397 g/mol. The number of aryl methyl sites for hydroxylation is 1. The quantitative estimate of drug-likeness (QED) is 0.817. The van der Waals surface area contributed by atoms with Gasteiger partial charge in [0.05, 0.1) is 10.6 Å². The van der Waals surface area contributed by atoms with Gasteiger partial charge in [0, 0.05) is 17.1 Å². The number of anilines is 1. The van der Waals surface area contributed by atoms with E-state index in [1.807, 2.05) is 19.9 Å². The van der Waals surface area contributed by atoms with Gasteiger partial charge in [0.2, 0.25) is 0 Å². The minimum atomic E-state index is -3.73. The van der Waals surface area contributed by atoms with E-state index < -0.39 is 10.0 Å². The zero-order chi connectivity index (χ0) is 17.2. The van der Waals surface area contributed by atoms with Crippen LogP contribution in [0.5, 0.6) is 5.75 Å². The zero-order valence-electron chi connectivity index (χ0n) is 13.3. The number of sulfonamides is 1. The van der Waals surface area contributed by atoms with Crippen molar-refractivity contribution in [2.45, 2.75) is 25.7 Å². The van der Waals surface area contributed by atoms with Gasteiger partial charge in [-0.05, 0) is 42.7 Å². The van der Waals surface area contributed by atoms with E-state index >= 15 is 0 Å². The second-order valence-electron chi connectivity index (χ2n) is 5.86. The van der Waals surface area contributed by atoms with Crippen LogP contribution in [0.2, 0.25) is 0 Å². The van der Waals surface area contributed by atoms with Crippen molar-refractivity contribution in [1.82, 2.24) is 0 Å². The van der Waals surface area contributed by atoms with Crippen molar-refractivity contribution in [3.63, 3.8) is 0 Å². The van der Waals surface area contributed by atoms with E-state index in [0.717, 1.165) is 0 Å². The predicted molar refractivity (Wildman–Crippen MR) is 96.4 cm³/mol. The third-order valence-electron chi connectivity index (χ3n) is 3.37. The van der Waals surface area contributed by atoms with E-state index in [9.17, 15) is 13.5 Å². The zero-order valence-corrected chi connectivity index (χ0v) is 15.7. The molecule has 0 heterocycles. The maximum Gasteiger partial charge on any atom is 0.264 e. The lowest BCUT2D eigenvalue weighted by molar-refractivity contribution is 0.475. The smallest absolute Gasteiger partial charge is 0.264 e. The Kier molecular flexibility index (Phi) is 5.37. The van der Waals surface area contributed by atoms with E-state index in [1.165, 1.54) is 16.4 Å². The van der Waals surface area contributed by atoms with Crippen LogP contribution in [0.1, 0.15) is 19.4 Å². The van der Waals surface area contributed by atoms with Gasteiger partial charge in [-0.1, -0.05) is 41.9 Å². The number of phenols is 1. The summed E-state index contributed by atoms with van der Waals surface area (Å²) in [5.41, 5.74) is 1.14. The fourth-order valence-corrected chi connectivity index (χ4v) is 4.68. The Morgan fingerprint density at radius 1 is 1.17 bits per heavy atom. The number of phenolic OH excluding ortho intramolecular Hbond substituents is 1. The molecule has 0 aliphatic carbocycles. The number of nitrogens with zero attached hydrogens (tertiary/aromatic N) is 1. The normalized spacial score (nSPS) is 11.7. The molecule has 0 spiro atoms. The van der Waals surface area contributed by atoms with Gasteiger partial charge in [-0.3, -0.25) is 4.31 Å². The summed E-state index contributed by atoms with van der Waals surface area (Å²) in [6, 6.07) is 11.5. The summed E-state index contributed by atoms with van der Waals surface area (Å²) in [7, 11) is -3.73. The first-order valence-electron chi connectivity index (χ1n) is 7.29. The Hall–Kier alpha value is -1.53. The number of hydrogen-bond donors (Lipinski definition) is 1. The molecule has 0 aromatic heterocycles. The predicted octanol–water partition coefficient (Wildman–Crippen LogP) is 4.31. The van der Waals surface area contributed by atoms with Crippen molar-refractivity contribution in [1.29, 1.82) is 0 Å². The number of aromatic hydroxyl groups is 1. The van der Waals surface area contributed by atoms with Crippen molar-refractivity contribution in [2.24, 2.45) is 5.92 Å². The van der Waals surface area contributed by atoms with Crippen molar-refractivity contribution in [3.8, 4) is 5.75 Å². The lowest BCUT2D eigenvalue weighted by Gasteiger charge is -2.27. The molecule has 23 heavy (non-hydrogen) atoms. The van der Waals surface area contributed by atoms with Gasteiger partial charge >= 0.3 is 0 Å². The SMILES string of the molecule is Cc1ccc(Br)cc1S(=O)(=O)N(CC(C)C)c1cccc(O)c1. The molecule has 2 rings (SSSR count). The van der Waals surface area contributed by atoms with Crippen molar-refractivity contribution < 1.29 is 13.5 Å². The van der Waals surface area contributed by atoms with Crippen molar-refractivity contribution in [2.75, 3.05) is 10.8 Å². The molecular weight excluding hydrogens is 378 g/mol. The molecule has 0 aliphatic rings. The van der Waals surface area contributed by atoms with Gasteiger partial charge in [-0.15, -0.1) is 0 Å². The van der Waals surface area contributed by atoms with Crippen LogP contribution in [0.4, 0.5) is 5.69 Å². The third kappa shape index (κ3) is 4.06. The van der Waals surface area contributed by atoms with Crippen LogP contribution in [0.25, 0.3) is 0 Å².